The number of hydrogen-bond acceptors (Lipinski definition) is 1. The SMILES string of the molecule is Cn1cc(C[PH](c2ccccc2)(c2ccccc2)c2ccccc2)c(Cl)n1. The predicted octanol–water partition coefficient (Wildman–Crippen LogP) is 4.30. The minimum absolute atomic E-state index is 0.595. The Labute approximate surface area is 165 Å². The molecule has 0 atom stereocenters. The second-order valence-corrected chi connectivity index (χ2v) is 11.1. The molecule has 0 amide bonds. The Morgan fingerprint density at radius 3 is 1.48 bits per heavy atom. The molecule has 0 bridgehead atoms. The van der Waals surface area contributed by atoms with E-state index in [1.54, 1.807) is 4.68 Å². The van der Waals surface area contributed by atoms with Gasteiger partial charge < -0.3 is 0 Å². The third-order valence-corrected chi connectivity index (χ3v) is 10.3. The fraction of sp³-hybridized carbons (Fsp3) is 0.0870. The Morgan fingerprint density at radius 2 is 1.15 bits per heavy atom. The third kappa shape index (κ3) is 3.43. The van der Waals surface area contributed by atoms with Gasteiger partial charge in [-0.05, 0) is 0 Å². The third-order valence-electron chi connectivity index (χ3n) is 5.11. The first kappa shape index (κ1) is 18.0. The number of aromatic nitrogens is 2. The molecule has 0 aliphatic carbocycles. The average Bonchev–Trinajstić information content (AvgIpc) is 3.04. The second-order valence-electron chi connectivity index (χ2n) is 6.80. The molecule has 136 valence electrons. The van der Waals surface area contributed by atoms with Crippen molar-refractivity contribution in [1.82, 2.24) is 9.78 Å². The van der Waals surface area contributed by atoms with Crippen LogP contribution in [-0.2, 0) is 13.2 Å². The van der Waals surface area contributed by atoms with Gasteiger partial charge in [0.2, 0.25) is 0 Å². The summed E-state index contributed by atoms with van der Waals surface area (Å²) in [5.41, 5.74) is 1.10. The molecule has 1 heterocycles. The van der Waals surface area contributed by atoms with Gasteiger partial charge in [0.1, 0.15) is 0 Å². The van der Waals surface area contributed by atoms with Crippen molar-refractivity contribution in [1.29, 1.82) is 0 Å². The summed E-state index contributed by atoms with van der Waals surface area (Å²) in [7, 11) is -0.398. The Bertz CT molecular complexity index is 918. The summed E-state index contributed by atoms with van der Waals surface area (Å²) in [6.45, 7) is 0. The van der Waals surface area contributed by atoms with Crippen molar-refractivity contribution in [2.75, 3.05) is 0 Å². The van der Waals surface area contributed by atoms with Crippen LogP contribution in [0.1, 0.15) is 5.56 Å². The van der Waals surface area contributed by atoms with Crippen molar-refractivity contribution in [3.8, 4) is 0 Å². The zero-order valence-corrected chi connectivity index (χ0v) is 17.0. The molecule has 27 heavy (non-hydrogen) atoms. The van der Waals surface area contributed by atoms with E-state index >= 15 is 0 Å². The Balaban J connectivity index is 2.01. The molecule has 0 spiro atoms. The van der Waals surface area contributed by atoms with Crippen molar-refractivity contribution >= 4 is 34.8 Å². The number of nitrogens with zero attached hydrogens (tertiary/aromatic N) is 2. The van der Waals surface area contributed by atoms with E-state index in [4.69, 9.17) is 11.6 Å². The maximum absolute atomic E-state index is 6.50. The number of aryl methyl sites for hydroxylation is 1. The summed E-state index contributed by atoms with van der Waals surface area (Å²) >= 11 is 6.50. The van der Waals surface area contributed by atoms with Crippen molar-refractivity contribution < 1.29 is 0 Å². The number of rotatable bonds is 5. The van der Waals surface area contributed by atoms with Gasteiger partial charge in [-0.15, -0.1) is 0 Å². The maximum atomic E-state index is 6.50. The van der Waals surface area contributed by atoms with Crippen LogP contribution < -0.4 is 15.9 Å². The molecule has 0 unspecified atom stereocenters. The summed E-state index contributed by atoms with van der Waals surface area (Å²) < 4.78 is 1.80. The molecule has 3 aromatic carbocycles. The van der Waals surface area contributed by atoms with Crippen LogP contribution in [0.3, 0.4) is 0 Å². The van der Waals surface area contributed by atoms with E-state index < -0.39 is 7.26 Å². The molecule has 0 saturated carbocycles. The summed E-state index contributed by atoms with van der Waals surface area (Å²) in [5, 5.41) is 9.11. The fourth-order valence-electron chi connectivity index (χ4n) is 3.89. The van der Waals surface area contributed by atoms with Gasteiger partial charge in [0.25, 0.3) is 0 Å². The second kappa shape index (κ2) is 7.68. The molecular formula is C23H22ClN2P. The Hall–Kier alpha value is -2.41. The molecule has 0 fully saturated rings. The zero-order chi connectivity index (χ0) is 18.7. The van der Waals surface area contributed by atoms with E-state index in [9.17, 15) is 0 Å². The first-order valence-corrected chi connectivity index (χ1v) is 11.6. The van der Waals surface area contributed by atoms with Crippen molar-refractivity contribution in [3.63, 3.8) is 0 Å². The monoisotopic (exact) mass is 392 g/mol. The number of halogens is 1. The molecule has 0 saturated heterocycles. The zero-order valence-electron chi connectivity index (χ0n) is 15.2. The van der Waals surface area contributed by atoms with Crippen LogP contribution >= 0.6 is 18.9 Å². The van der Waals surface area contributed by atoms with Crippen molar-refractivity contribution in [3.05, 3.63) is 108 Å². The standard InChI is InChI=1S/C23H22ClN2P/c1-26-17-19(23(24)25-26)18-27(20-11-5-2-6-12-20,21-13-7-3-8-14-21)22-15-9-4-10-16-22/h2-17,27H,18H2,1H3. The van der Waals surface area contributed by atoms with Gasteiger partial charge in [0.05, 0.1) is 0 Å². The van der Waals surface area contributed by atoms with Crippen LogP contribution in [0, 0.1) is 0 Å². The summed E-state index contributed by atoms with van der Waals surface area (Å²) in [6, 6.07) is 32.6. The van der Waals surface area contributed by atoms with Gasteiger partial charge in [-0.1, -0.05) is 0 Å². The van der Waals surface area contributed by atoms with Gasteiger partial charge in [-0.3, -0.25) is 0 Å². The van der Waals surface area contributed by atoms with Crippen LogP contribution in [0.2, 0.25) is 5.15 Å². The van der Waals surface area contributed by atoms with Gasteiger partial charge >= 0.3 is 166 Å². The Morgan fingerprint density at radius 1 is 0.741 bits per heavy atom. The number of benzene rings is 3. The molecule has 0 aliphatic rings. The molecule has 4 aromatic rings. The normalized spacial score (nSPS) is 12.1. The Kier molecular flexibility index (Phi) is 5.11. The number of hydrogen-bond donors (Lipinski definition) is 0. The van der Waals surface area contributed by atoms with Crippen LogP contribution in [0.25, 0.3) is 0 Å². The molecule has 0 radical (unpaired) electrons. The molecule has 4 rings (SSSR count). The average molecular weight is 393 g/mol. The molecule has 2 nitrogen and oxygen atoms in total. The van der Waals surface area contributed by atoms with Crippen LogP contribution in [0.5, 0.6) is 0 Å². The molecule has 0 N–H and O–H groups in total. The molecule has 1 aromatic heterocycles. The van der Waals surface area contributed by atoms with E-state index in [1.165, 1.54) is 15.9 Å². The first-order chi connectivity index (χ1) is 13.2. The van der Waals surface area contributed by atoms with E-state index in [1.807, 2.05) is 7.05 Å². The quantitative estimate of drug-likeness (QED) is 0.463. The van der Waals surface area contributed by atoms with E-state index in [2.05, 4.69) is 102 Å². The summed E-state index contributed by atoms with van der Waals surface area (Å²) in [4.78, 5) is 0. The van der Waals surface area contributed by atoms with E-state index in [0.717, 1.165) is 11.7 Å². The van der Waals surface area contributed by atoms with Gasteiger partial charge in [-0.2, -0.15) is 0 Å². The van der Waals surface area contributed by atoms with E-state index in [0.29, 0.717) is 5.15 Å². The van der Waals surface area contributed by atoms with Crippen molar-refractivity contribution in [2.45, 2.75) is 6.16 Å². The first-order valence-electron chi connectivity index (χ1n) is 9.05. The van der Waals surface area contributed by atoms with Crippen LogP contribution in [0.4, 0.5) is 0 Å². The van der Waals surface area contributed by atoms with Crippen molar-refractivity contribution in [2.24, 2.45) is 7.05 Å². The van der Waals surface area contributed by atoms with Gasteiger partial charge in [0, 0.05) is 0 Å². The van der Waals surface area contributed by atoms with Gasteiger partial charge in [0.15, 0.2) is 0 Å². The van der Waals surface area contributed by atoms with E-state index in [-0.39, 0.29) is 0 Å². The van der Waals surface area contributed by atoms with Crippen LogP contribution in [0.15, 0.2) is 97.2 Å². The van der Waals surface area contributed by atoms with Gasteiger partial charge in [-0.25, -0.2) is 0 Å². The molecule has 0 aliphatic heterocycles. The summed E-state index contributed by atoms with van der Waals surface area (Å²) in [5.74, 6) is 0. The molecule has 4 heteroatoms. The fourth-order valence-corrected chi connectivity index (χ4v) is 8.96. The minimum atomic E-state index is -2.32. The van der Waals surface area contributed by atoms with Crippen LogP contribution in [-0.4, -0.2) is 9.78 Å². The molecular weight excluding hydrogens is 371 g/mol. The topological polar surface area (TPSA) is 17.8 Å². The predicted molar refractivity (Wildman–Crippen MR) is 118 cm³/mol. The summed E-state index contributed by atoms with van der Waals surface area (Å²) in [6.07, 6.45) is 2.93.